The normalized spacial score (nSPS) is 29.0. The lowest BCUT2D eigenvalue weighted by Crippen LogP contribution is -2.60. The molecule has 0 aromatic carbocycles. The minimum absolute atomic E-state index is 0.0392. The van der Waals surface area contributed by atoms with Gasteiger partial charge in [-0.2, -0.15) is 0 Å². The van der Waals surface area contributed by atoms with E-state index in [4.69, 9.17) is 9.47 Å². The third-order valence-electron chi connectivity index (χ3n) is 7.51. The fourth-order valence-corrected chi connectivity index (χ4v) is 5.92. The van der Waals surface area contributed by atoms with Crippen LogP contribution in [0.3, 0.4) is 0 Å². The third kappa shape index (κ3) is 5.45. The largest absolute Gasteiger partial charge is 0.460 e. The van der Waals surface area contributed by atoms with E-state index < -0.39 is 47.2 Å². The lowest BCUT2D eigenvalue weighted by Gasteiger charge is -2.41. The lowest BCUT2D eigenvalue weighted by atomic mass is 9.70. The van der Waals surface area contributed by atoms with Crippen LogP contribution >= 0.6 is 0 Å². The topological polar surface area (TPSA) is 125 Å². The van der Waals surface area contributed by atoms with Gasteiger partial charge in [0.25, 0.3) is 0 Å². The van der Waals surface area contributed by atoms with Crippen LogP contribution in [0.2, 0.25) is 0 Å². The Balaban J connectivity index is 1.83. The van der Waals surface area contributed by atoms with Crippen LogP contribution in [0.25, 0.3) is 0 Å². The maximum absolute atomic E-state index is 14.0. The van der Waals surface area contributed by atoms with E-state index in [-0.39, 0.29) is 44.0 Å². The highest BCUT2D eigenvalue weighted by molar-refractivity contribution is 5.98. The molecule has 2 bridgehead atoms. The van der Waals surface area contributed by atoms with E-state index in [2.05, 4.69) is 18.5 Å². The van der Waals surface area contributed by atoms with Gasteiger partial charge < -0.3 is 29.7 Å². The first kappa shape index (κ1) is 28.8. The molecule has 3 rings (SSSR count). The maximum Gasteiger partial charge on any atom is 0.312 e. The van der Waals surface area contributed by atoms with Gasteiger partial charge in [-0.15, -0.1) is 13.2 Å². The molecule has 1 spiro atoms. The number of hydrogen-bond acceptors (Lipinski definition) is 7. The molecule has 0 aromatic heterocycles. The molecule has 37 heavy (non-hydrogen) atoms. The SMILES string of the molecule is C=CCCC(=O)NC[C@@H](C)OC(=O)[C@@H]1[C@H]2C(=O)N(CCO)[C@H](C(=O)N(CC=C)C(C)(C)C)[C@]23CC[C@H]1O3. The van der Waals surface area contributed by atoms with E-state index in [0.29, 0.717) is 25.7 Å². The monoisotopic (exact) mass is 519 g/mol. The first-order valence-electron chi connectivity index (χ1n) is 13.0. The van der Waals surface area contributed by atoms with Crippen LogP contribution in [0, 0.1) is 11.8 Å². The number of carbonyl (C=O) groups is 4. The van der Waals surface area contributed by atoms with Crippen molar-refractivity contribution in [2.24, 2.45) is 11.8 Å². The molecule has 3 amide bonds. The summed E-state index contributed by atoms with van der Waals surface area (Å²) in [4.78, 5) is 55.9. The lowest BCUT2D eigenvalue weighted by molar-refractivity contribution is -0.159. The quantitative estimate of drug-likeness (QED) is 0.293. The predicted molar refractivity (Wildman–Crippen MR) is 136 cm³/mol. The van der Waals surface area contributed by atoms with Crippen LogP contribution in [0.5, 0.6) is 0 Å². The van der Waals surface area contributed by atoms with E-state index in [9.17, 15) is 24.3 Å². The summed E-state index contributed by atoms with van der Waals surface area (Å²) >= 11 is 0. The molecular formula is C27H41N3O7. The molecule has 0 unspecified atom stereocenters. The van der Waals surface area contributed by atoms with Crippen molar-refractivity contribution in [3.05, 3.63) is 25.3 Å². The Bertz CT molecular complexity index is 929. The number of β-amino-alcohol motifs (C(OH)–C–C–N with tert-alkyl or cyclic N) is 1. The zero-order valence-corrected chi connectivity index (χ0v) is 22.4. The Morgan fingerprint density at radius 2 is 2.03 bits per heavy atom. The molecule has 3 aliphatic heterocycles. The second-order valence-electron chi connectivity index (χ2n) is 11.1. The number of allylic oxidation sites excluding steroid dienone is 1. The number of amides is 3. The first-order chi connectivity index (χ1) is 17.4. The summed E-state index contributed by atoms with van der Waals surface area (Å²) in [5.41, 5.74) is -1.71. The minimum Gasteiger partial charge on any atom is -0.460 e. The predicted octanol–water partition coefficient (Wildman–Crippen LogP) is 1.18. The van der Waals surface area contributed by atoms with E-state index in [0.717, 1.165) is 0 Å². The van der Waals surface area contributed by atoms with Gasteiger partial charge in [-0.25, -0.2) is 0 Å². The Hall–Kier alpha value is -2.72. The van der Waals surface area contributed by atoms with Crippen LogP contribution in [-0.2, 0) is 28.7 Å². The summed E-state index contributed by atoms with van der Waals surface area (Å²) in [6.45, 7) is 14.8. The number of carbonyl (C=O) groups excluding carboxylic acids is 4. The van der Waals surface area contributed by atoms with E-state index >= 15 is 0 Å². The Morgan fingerprint density at radius 1 is 1.32 bits per heavy atom. The molecule has 3 heterocycles. The van der Waals surface area contributed by atoms with Crippen molar-refractivity contribution in [2.45, 2.75) is 82.8 Å². The van der Waals surface area contributed by atoms with Gasteiger partial charge in [-0.05, 0) is 47.0 Å². The van der Waals surface area contributed by atoms with Crippen molar-refractivity contribution in [1.29, 1.82) is 0 Å². The van der Waals surface area contributed by atoms with Crippen molar-refractivity contribution in [3.8, 4) is 0 Å². The number of ether oxygens (including phenoxy) is 2. The van der Waals surface area contributed by atoms with E-state index in [1.165, 1.54) is 4.90 Å². The van der Waals surface area contributed by atoms with Crippen molar-refractivity contribution >= 4 is 23.7 Å². The van der Waals surface area contributed by atoms with E-state index in [1.807, 2.05) is 20.8 Å². The van der Waals surface area contributed by atoms with Crippen molar-refractivity contribution < 1.29 is 33.8 Å². The molecule has 0 aromatic rings. The molecule has 10 heteroatoms. The van der Waals surface area contributed by atoms with Gasteiger partial charge in [0.15, 0.2) is 0 Å². The van der Waals surface area contributed by atoms with Gasteiger partial charge in [0, 0.05) is 25.0 Å². The number of nitrogens with one attached hydrogen (secondary N) is 1. The van der Waals surface area contributed by atoms with Crippen molar-refractivity contribution in [2.75, 3.05) is 26.2 Å². The molecule has 10 nitrogen and oxygen atoms in total. The highest BCUT2D eigenvalue weighted by Gasteiger charge is 2.75. The zero-order chi connectivity index (χ0) is 27.5. The number of rotatable bonds is 12. The van der Waals surface area contributed by atoms with E-state index in [1.54, 1.807) is 24.0 Å². The average molecular weight is 520 g/mol. The molecule has 3 saturated heterocycles. The highest BCUT2D eigenvalue weighted by atomic mass is 16.6. The number of likely N-dealkylation sites (tertiary alicyclic amines) is 1. The van der Waals surface area contributed by atoms with Gasteiger partial charge in [-0.1, -0.05) is 12.2 Å². The number of aliphatic hydroxyl groups is 1. The number of hydrogen-bond donors (Lipinski definition) is 2. The molecule has 0 radical (unpaired) electrons. The third-order valence-corrected chi connectivity index (χ3v) is 7.51. The zero-order valence-electron chi connectivity index (χ0n) is 22.4. The van der Waals surface area contributed by atoms with Gasteiger partial charge in [0.2, 0.25) is 17.7 Å². The molecule has 2 N–H and O–H groups in total. The highest BCUT2D eigenvalue weighted by Crippen LogP contribution is 2.58. The Kier molecular flexibility index (Phi) is 8.85. The summed E-state index contributed by atoms with van der Waals surface area (Å²) in [6, 6.07) is -0.958. The molecule has 0 saturated carbocycles. The summed E-state index contributed by atoms with van der Waals surface area (Å²) in [5, 5.41) is 12.4. The summed E-state index contributed by atoms with van der Waals surface area (Å²) in [7, 11) is 0. The molecule has 0 aliphatic carbocycles. The van der Waals surface area contributed by atoms with Crippen LogP contribution in [-0.4, -0.2) is 94.2 Å². The van der Waals surface area contributed by atoms with Gasteiger partial charge in [0.1, 0.15) is 17.7 Å². The summed E-state index contributed by atoms with van der Waals surface area (Å²) in [5.74, 6) is -3.15. The number of fused-ring (bicyclic) bond motifs is 1. The molecule has 3 aliphatic rings. The average Bonchev–Trinajstić information content (AvgIpc) is 3.46. The molecular weight excluding hydrogens is 478 g/mol. The van der Waals surface area contributed by atoms with Gasteiger partial charge in [0.05, 0.1) is 31.1 Å². The maximum atomic E-state index is 14.0. The number of aliphatic hydroxyl groups excluding tert-OH is 1. The number of esters is 1. The second-order valence-corrected chi connectivity index (χ2v) is 11.1. The van der Waals surface area contributed by atoms with Gasteiger partial charge >= 0.3 is 5.97 Å². The van der Waals surface area contributed by atoms with Crippen molar-refractivity contribution in [1.82, 2.24) is 15.1 Å². The van der Waals surface area contributed by atoms with Crippen LogP contribution in [0.15, 0.2) is 25.3 Å². The molecule has 3 fully saturated rings. The van der Waals surface area contributed by atoms with Crippen LogP contribution in [0.1, 0.15) is 53.4 Å². The molecule has 206 valence electrons. The minimum atomic E-state index is -1.16. The molecule has 6 atom stereocenters. The van der Waals surface area contributed by atoms with Crippen LogP contribution in [0.4, 0.5) is 0 Å². The Morgan fingerprint density at radius 3 is 2.62 bits per heavy atom. The summed E-state index contributed by atoms with van der Waals surface area (Å²) in [6.07, 6.45) is 3.97. The number of nitrogens with zero attached hydrogens (tertiary/aromatic N) is 2. The Labute approximate surface area is 219 Å². The fraction of sp³-hybridized carbons (Fsp3) is 0.704. The standard InChI is InChI=1S/C27H41N3O7/c1-7-9-10-19(32)28-16-17(3)36-25(35)20-18-11-12-27(37-18)21(20)23(33)29(14-15-31)22(27)24(34)30(13-8-2)26(4,5)6/h7-8,17-18,20-22,31H,1-2,9-16H2,3-6H3,(H,28,32)/t17-,18-,20+,21+,22-,27+/m1/s1. The van der Waals surface area contributed by atoms with Gasteiger partial charge in [-0.3, -0.25) is 19.2 Å². The fourth-order valence-electron chi connectivity index (χ4n) is 5.92. The summed E-state index contributed by atoms with van der Waals surface area (Å²) < 4.78 is 12.0. The second kappa shape index (κ2) is 11.3. The van der Waals surface area contributed by atoms with Crippen molar-refractivity contribution in [3.63, 3.8) is 0 Å². The smallest absolute Gasteiger partial charge is 0.312 e. The first-order valence-corrected chi connectivity index (χ1v) is 13.0. The van der Waals surface area contributed by atoms with Crippen LogP contribution < -0.4 is 5.32 Å².